The topological polar surface area (TPSA) is 105 Å². The Labute approximate surface area is 233 Å². The van der Waals surface area contributed by atoms with Crippen LogP contribution in [0.1, 0.15) is 26.3 Å². The van der Waals surface area contributed by atoms with Crippen LogP contribution in [0, 0.1) is 11.7 Å². The molecule has 1 atom stereocenters. The Kier molecular flexibility index (Phi) is 10.3. The predicted octanol–water partition coefficient (Wildman–Crippen LogP) is 4.85. The summed E-state index contributed by atoms with van der Waals surface area (Å²) in [6.07, 6.45) is 0. The Hall–Kier alpha value is -3.63. The Bertz CT molecular complexity index is 1370. The van der Waals surface area contributed by atoms with Crippen LogP contribution in [0.25, 0.3) is 0 Å². The maximum atomic E-state index is 13.2. The zero-order valence-corrected chi connectivity index (χ0v) is 23.4. The molecule has 3 aromatic carbocycles. The van der Waals surface area contributed by atoms with Gasteiger partial charge in [-0.1, -0.05) is 37.6 Å². The normalized spacial score (nSPS) is 12.1. The van der Waals surface area contributed by atoms with Gasteiger partial charge in [0.05, 0.1) is 4.90 Å². The molecule has 0 aromatic heterocycles. The minimum atomic E-state index is -3.91. The summed E-state index contributed by atoms with van der Waals surface area (Å²) >= 11 is 5.98. The van der Waals surface area contributed by atoms with E-state index in [2.05, 4.69) is 10.0 Å². The van der Waals surface area contributed by atoms with Crippen molar-refractivity contribution >= 4 is 39.1 Å². The predicted molar refractivity (Wildman–Crippen MR) is 148 cm³/mol. The van der Waals surface area contributed by atoms with E-state index in [-0.39, 0.29) is 41.3 Å². The lowest BCUT2D eigenvalue weighted by molar-refractivity contribution is -0.142. The first-order chi connectivity index (χ1) is 18.4. The molecule has 2 amide bonds. The molecule has 0 fully saturated rings. The van der Waals surface area contributed by atoms with Gasteiger partial charge in [-0.25, -0.2) is 12.8 Å². The lowest BCUT2D eigenvalue weighted by Crippen LogP contribution is -2.49. The molecule has 0 bridgehead atoms. The molecule has 11 heteroatoms. The fourth-order valence-corrected chi connectivity index (χ4v) is 4.68. The van der Waals surface area contributed by atoms with Gasteiger partial charge in [0.1, 0.15) is 17.6 Å². The average Bonchev–Trinajstić information content (AvgIpc) is 2.91. The second-order valence-electron chi connectivity index (χ2n) is 9.34. The van der Waals surface area contributed by atoms with Crippen molar-refractivity contribution in [3.63, 3.8) is 0 Å². The fraction of sp³-hybridized carbons (Fsp3) is 0.286. The zero-order chi connectivity index (χ0) is 28.6. The quantitative estimate of drug-likeness (QED) is 0.321. The molecule has 0 aliphatic carbocycles. The van der Waals surface area contributed by atoms with Crippen molar-refractivity contribution in [3.05, 3.63) is 89.2 Å². The number of anilines is 1. The van der Waals surface area contributed by atoms with Gasteiger partial charge in [0.25, 0.3) is 15.9 Å². The molecule has 208 valence electrons. The van der Waals surface area contributed by atoms with E-state index in [0.29, 0.717) is 11.6 Å². The molecule has 3 rings (SSSR count). The van der Waals surface area contributed by atoms with Crippen molar-refractivity contribution in [2.45, 2.75) is 38.3 Å². The number of hydrogen-bond donors (Lipinski definition) is 2. The third-order valence-electron chi connectivity index (χ3n) is 5.71. The highest BCUT2D eigenvalue weighted by atomic mass is 35.5. The van der Waals surface area contributed by atoms with Crippen molar-refractivity contribution in [1.29, 1.82) is 0 Å². The lowest BCUT2D eigenvalue weighted by atomic mass is 10.1. The van der Waals surface area contributed by atoms with Gasteiger partial charge in [0, 0.05) is 23.8 Å². The Morgan fingerprint density at radius 2 is 1.56 bits per heavy atom. The number of benzene rings is 3. The fourth-order valence-electron chi connectivity index (χ4n) is 3.50. The number of carbonyl (C=O) groups excluding carboxylic acids is 2. The third-order valence-corrected chi connectivity index (χ3v) is 7.36. The summed E-state index contributed by atoms with van der Waals surface area (Å²) in [5.74, 6) is -0.664. The molecule has 8 nitrogen and oxygen atoms in total. The van der Waals surface area contributed by atoms with E-state index in [4.69, 9.17) is 16.3 Å². The van der Waals surface area contributed by atoms with Gasteiger partial charge in [-0.3, -0.25) is 14.3 Å². The van der Waals surface area contributed by atoms with Crippen LogP contribution in [0.2, 0.25) is 5.02 Å². The molecular weight excluding hydrogens is 545 g/mol. The van der Waals surface area contributed by atoms with Gasteiger partial charge in [-0.2, -0.15) is 0 Å². The molecule has 2 N–H and O–H groups in total. The van der Waals surface area contributed by atoms with Crippen LogP contribution in [-0.2, 0) is 26.2 Å². The molecule has 39 heavy (non-hydrogen) atoms. The summed E-state index contributed by atoms with van der Waals surface area (Å²) in [4.78, 5) is 27.3. The number of halogens is 2. The summed E-state index contributed by atoms with van der Waals surface area (Å²) in [5.41, 5.74) is 1.01. The van der Waals surface area contributed by atoms with E-state index in [1.165, 1.54) is 41.3 Å². The first kappa shape index (κ1) is 29.9. The number of sulfonamides is 1. The smallest absolute Gasteiger partial charge is 0.261 e. The summed E-state index contributed by atoms with van der Waals surface area (Å²) in [6, 6.07) is 16.7. The van der Waals surface area contributed by atoms with Crippen LogP contribution in [0.15, 0.2) is 77.7 Å². The Morgan fingerprint density at radius 3 is 2.15 bits per heavy atom. The number of nitrogens with zero attached hydrogens (tertiary/aromatic N) is 1. The molecule has 0 saturated heterocycles. The first-order valence-corrected chi connectivity index (χ1v) is 14.1. The summed E-state index contributed by atoms with van der Waals surface area (Å²) in [7, 11) is -3.91. The van der Waals surface area contributed by atoms with E-state index in [9.17, 15) is 22.4 Å². The van der Waals surface area contributed by atoms with Gasteiger partial charge in [-0.15, -0.1) is 0 Å². The van der Waals surface area contributed by atoms with Gasteiger partial charge in [-0.05, 0) is 79.1 Å². The number of amides is 2. The van der Waals surface area contributed by atoms with E-state index in [0.717, 1.165) is 17.7 Å². The molecule has 0 radical (unpaired) electrons. The summed E-state index contributed by atoms with van der Waals surface area (Å²) in [6.45, 7) is 5.89. The molecule has 0 aliphatic heterocycles. The van der Waals surface area contributed by atoms with Gasteiger partial charge in [0.15, 0.2) is 6.61 Å². The Balaban J connectivity index is 1.68. The van der Waals surface area contributed by atoms with Crippen molar-refractivity contribution in [3.8, 4) is 5.75 Å². The molecule has 0 spiro atoms. The highest BCUT2D eigenvalue weighted by molar-refractivity contribution is 7.92. The van der Waals surface area contributed by atoms with E-state index >= 15 is 0 Å². The van der Waals surface area contributed by atoms with Crippen LogP contribution in [-0.4, -0.2) is 44.3 Å². The molecule has 1 unspecified atom stereocenters. The van der Waals surface area contributed by atoms with Crippen LogP contribution < -0.4 is 14.8 Å². The highest BCUT2D eigenvalue weighted by Crippen LogP contribution is 2.20. The molecule has 3 aromatic rings. The number of nitrogens with one attached hydrogen (secondary N) is 2. The van der Waals surface area contributed by atoms with Gasteiger partial charge < -0.3 is 15.0 Å². The van der Waals surface area contributed by atoms with E-state index < -0.39 is 27.8 Å². The standard InChI is InChI=1S/C28H31ClFN3O5S/c1-19(2)16-31-28(35)20(3)33(17-21-4-6-22(29)7-5-21)27(34)18-38-25-12-14-26(15-13-25)39(36,37)32-24-10-8-23(30)9-11-24/h4-15,19-20,32H,16-18H2,1-3H3,(H,31,35). The molecule has 0 saturated carbocycles. The number of hydrogen-bond acceptors (Lipinski definition) is 5. The largest absolute Gasteiger partial charge is 0.484 e. The van der Waals surface area contributed by atoms with Crippen LogP contribution in [0.5, 0.6) is 5.75 Å². The van der Waals surface area contributed by atoms with Gasteiger partial charge >= 0.3 is 0 Å². The summed E-state index contributed by atoms with van der Waals surface area (Å²) < 4.78 is 46.4. The average molecular weight is 576 g/mol. The molecule has 0 aliphatic rings. The zero-order valence-electron chi connectivity index (χ0n) is 21.9. The minimum absolute atomic E-state index is 0.0367. The molecular formula is C28H31ClFN3O5S. The lowest BCUT2D eigenvalue weighted by Gasteiger charge is -2.29. The Morgan fingerprint density at radius 1 is 0.949 bits per heavy atom. The number of carbonyl (C=O) groups is 2. The second kappa shape index (κ2) is 13.4. The van der Waals surface area contributed by atoms with Gasteiger partial charge in [0.2, 0.25) is 5.91 Å². The minimum Gasteiger partial charge on any atom is -0.484 e. The first-order valence-electron chi connectivity index (χ1n) is 12.3. The third kappa shape index (κ3) is 8.97. The number of rotatable bonds is 12. The highest BCUT2D eigenvalue weighted by Gasteiger charge is 2.26. The SMILES string of the molecule is CC(C)CNC(=O)C(C)N(Cc1ccc(Cl)cc1)C(=O)COc1ccc(S(=O)(=O)Nc2ccc(F)cc2)cc1. The van der Waals surface area contributed by atoms with Crippen LogP contribution in [0.4, 0.5) is 10.1 Å². The number of ether oxygens (including phenoxy) is 1. The van der Waals surface area contributed by atoms with Crippen molar-refractivity contribution < 1.29 is 27.1 Å². The summed E-state index contributed by atoms with van der Waals surface area (Å²) in [5, 5.41) is 3.41. The molecule has 0 heterocycles. The monoisotopic (exact) mass is 575 g/mol. The second-order valence-corrected chi connectivity index (χ2v) is 11.5. The maximum Gasteiger partial charge on any atom is 0.261 e. The van der Waals surface area contributed by atoms with Crippen LogP contribution in [0.3, 0.4) is 0 Å². The van der Waals surface area contributed by atoms with Crippen molar-refractivity contribution in [2.24, 2.45) is 5.92 Å². The van der Waals surface area contributed by atoms with Crippen LogP contribution >= 0.6 is 11.6 Å². The van der Waals surface area contributed by atoms with E-state index in [1.807, 2.05) is 13.8 Å². The maximum absolute atomic E-state index is 13.2. The van der Waals surface area contributed by atoms with E-state index in [1.54, 1.807) is 31.2 Å². The van der Waals surface area contributed by atoms with Crippen molar-refractivity contribution in [1.82, 2.24) is 10.2 Å². The van der Waals surface area contributed by atoms with Crippen molar-refractivity contribution in [2.75, 3.05) is 17.9 Å².